The van der Waals surface area contributed by atoms with Crippen LogP contribution in [0.3, 0.4) is 0 Å². The maximum Gasteiger partial charge on any atom is 0.119 e. The number of hydrogen-bond acceptors (Lipinski definition) is 4. The van der Waals surface area contributed by atoms with E-state index in [1.807, 2.05) is 12.1 Å². The third-order valence-electron chi connectivity index (χ3n) is 7.57. The lowest BCUT2D eigenvalue weighted by Crippen LogP contribution is -2.26. The van der Waals surface area contributed by atoms with E-state index < -0.39 is 0 Å². The van der Waals surface area contributed by atoms with Gasteiger partial charge in [-0.2, -0.15) is 0 Å². The van der Waals surface area contributed by atoms with Crippen molar-refractivity contribution in [3.05, 3.63) is 57.6 Å². The minimum atomic E-state index is -0.202. The van der Waals surface area contributed by atoms with Crippen LogP contribution in [0, 0.1) is 0 Å². The van der Waals surface area contributed by atoms with Gasteiger partial charge in [0.1, 0.15) is 11.5 Å². The van der Waals surface area contributed by atoms with E-state index in [0.717, 1.165) is 24.0 Å². The SMILES string of the molecule is COCCc1cc2c(cc1O)C1(CC2(C)C)CC(C)(C)c2cc(CCOC)c(O)cc21. The molecule has 0 atom stereocenters. The summed E-state index contributed by atoms with van der Waals surface area (Å²) in [5, 5.41) is 21.7. The van der Waals surface area contributed by atoms with Crippen LogP contribution in [0.25, 0.3) is 0 Å². The van der Waals surface area contributed by atoms with Gasteiger partial charge in [-0.25, -0.2) is 0 Å². The normalized spacial score (nSPS) is 19.5. The summed E-state index contributed by atoms with van der Waals surface area (Å²) in [7, 11) is 3.38. The molecule has 31 heavy (non-hydrogen) atoms. The minimum absolute atomic E-state index is 0.0209. The molecule has 4 heteroatoms. The fourth-order valence-electron chi connectivity index (χ4n) is 6.29. The van der Waals surface area contributed by atoms with Crippen molar-refractivity contribution >= 4 is 0 Å². The Hall–Kier alpha value is -2.04. The van der Waals surface area contributed by atoms with Crippen molar-refractivity contribution in [1.82, 2.24) is 0 Å². The summed E-state index contributed by atoms with van der Waals surface area (Å²) >= 11 is 0. The number of hydrogen-bond donors (Lipinski definition) is 2. The van der Waals surface area contributed by atoms with Crippen molar-refractivity contribution < 1.29 is 19.7 Å². The maximum absolute atomic E-state index is 10.9. The average Bonchev–Trinajstić information content (AvgIpc) is 3.03. The van der Waals surface area contributed by atoms with Crippen LogP contribution in [0.1, 0.15) is 73.9 Å². The molecule has 0 saturated carbocycles. The number of benzene rings is 2. The van der Waals surface area contributed by atoms with Gasteiger partial charge in [-0.05, 0) is 82.0 Å². The molecular weight excluding hydrogens is 388 g/mol. The first-order chi connectivity index (χ1) is 14.6. The van der Waals surface area contributed by atoms with E-state index in [1.54, 1.807) is 14.2 Å². The van der Waals surface area contributed by atoms with Gasteiger partial charge in [0, 0.05) is 19.6 Å². The average molecular weight is 425 g/mol. The zero-order chi connectivity index (χ0) is 22.6. The Labute approximate surface area is 186 Å². The van der Waals surface area contributed by atoms with Crippen molar-refractivity contribution in [2.45, 2.75) is 69.6 Å². The number of phenolic OH excluding ortho intramolecular Hbond substituents is 2. The molecule has 1 spiro atoms. The van der Waals surface area contributed by atoms with Crippen LogP contribution < -0.4 is 0 Å². The molecule has 0 bridgehead atoms. The molecule has 2 N–H and O–H groups in total. The molecule has 0 aliphatic heterocycles. The van der Waals surface area contributed by atoms with Gasteiger partial charge in [-0.15, -0.1) is 0 Å². The predicted octanol–water partition coefficient (Wildman–Crippen LogP) is 5.12. The van der Waals surface area contributed by atoms with E-state index >= 15 is 0 Å². The fraction of sp³-hybridized carbons (Fsp3) is 0.556. The molecule has 2 aromatic carbocycles. The third kappa shape index (κ3) is 3.44. The van der Waals surface area contributed by atoms with Gasteiger partial charge in [0.25, 0.3) is 0 Å². The van der Waals surface area contributed by atoms with Crippen LogP contribution >= 0.6 is 0 Å². The van der Waals surface area contributed by atoms with Crippen LogP contribution in [0.2, 0.25) is 0 Å². The number of fused-ring (bicyclic) bond motifs is 4. The van der Waals surface area contributed by atoms with Gasteiger partial charge in [-0.3, -0.25) is 0 Å². The molecule has 0 radical (unpaired) electrons. The number of ether oxygens (including phenoxy) is 2. The predicted molar refractivity (Wildman–Crippen MR) is 123 cm³/mol. The molecule has 0 amide bonds. The third-order valence-corrected chi connectivity index (χ3v) is 7.57. The number of phenols is 2. The van der Waals surface area contributed by atoms with E-state index in [9.17, 15) is 10.2 Å². The minimum Gasteiger partial charge on any atom is -0.508 e. The van der Waals surface area contributed by atoms with Gasteiger partial charge < -0.3 is 19.7 Å². The van der Waals surface area contributed by atoms with Crippen molar-refractivity contribution in [1.29, 1.82) is 0 Å². The van der Waals surface area contributed by atoms with Gasteiger partial charge in [0.2, 0.25) is 0 Å². The lowest BCUT2D eigenvalue weighted by atomic mass is 9.72. The highest BCUT2D eigenvalue weighted by Crippen LogP contribution is 2.63. The van der Waals surface area contributed by atoms with Gasteiger partial charge in [0.15, 0.2) is 0 Å². The number of rotatable bonds is 6. The maximum atomic E-state index is 10.9. The fourth-order valence-corrected chi connectivity index (χ4v) is 6.29. The lowest BCUT2D eigenvalue weighted by molar-refractivity contribution is 0.201. The molecule has 0 aromatic heterocycles. The monoisotopic (exact) mass is 424 g/mol. The van der Waals surface area contributed by atoms with E-state index in [1.165, 1.54) is 22.3 Å². The van der Waals surface area contributed by atoms with Crippen molar-refractivity contribution in [2.24, 2.45) is 0 Å². The molecule has 0 fully saturated rings. The van der Waals surface area contributed by atoms with E-state index in [4.69, 9.17) is 9.47 Å². The first-order valence-electron chi connectivity index (χ1n) is 11.3. The Balaban J connectivity index is 1.89. The van der Waals surface area contributed by atoms with Crippen molar-refractivity contribution in [2.75, 3.05) is 27.4 Å². The highest BCUT2D eigenvalue weighted by molar-refractivity contribution is 5.63. The summed E-state index contributed by atoms with van der Waals surface area (Å²) in [6.07, 6.45) is 3.33. The Morgan fingerprint density at radius 3 is 1.42 bits per heavy atom. The topological polar surface area (TPSA) is 58.9 Å². The first-order valence-corrected chi connectivity index (χ1v) is 11.3. The van der Waals surface area contributed by atoms with Gasteiger partial charge in [-0.1, -0.05) is 39.8 Å². The number of methoxy groups -OCH3 is 2. The summed E-state index contributed by atoms with van der Waals surface area (Å²) in [6, 6.07) is 8.37. The standard InChI is InChI=1S/C27H36O4/c1-25(2)15-27(21-13-23(28)17(7-9-30-5)11-19(21)25)16-26(3,4)20-12-18(8-10-31-6)24(29)14-22(20)27/h11-14,28-29H,7-10,15-16H2,1-6H3. The summed E-state index contributed by atoms with van der Waals surface area (Å²) in [5.41, 5.74) is 6.69. The molecule has 2 aliphatic rings. The Kier molecular flexibility index (Phi) is 5.38. The Bertz CT molecular complexity index is 921. The Morgan fingerprint density at radius 2 is 1.06 bits per heavy atom. The highest BCUT2D eigenvalue weighted by Gasteiger charge is 2.56. The quantitative estimate of drug-likeness (QED) is 0.675. The van der Waals surface area contributed by atoms with E-state index in [0.29, 0.717) is 37.6 Å². The smallest absolute Gasteiger partial charge is 0.119 e. The van der Waals surface area contributed by atoms with Crippen LogP contribution in [0.15, 0.2) is 24.3 Å². The molecule has 0 saturated heterocycles. The first kappa shape index (κ1) is 22.2. The summed E-state index contributed by atoms with van der Waals surface area (Å²) < 4.78 is 10.5. The zero-order valence-corrected chi connectivity index (χ0v) is 19.8. The summed E-state index contributed by atoms with van der Waals surface area (Å²) in [4.78, 5) is 0. The second-order valence-corrected chi connectivity index (χ2v) is 10.7. The molecule has 4 rings (SSSR count). The van der Waals surface area contributed by atoms with Gasteiger partial charge in [0.05, 0.1) is 13.2 Å². The lowest BCUT2D eigenvalue weighted by Gasteiger charge is -2.30. The van der Waals surface area contributed by atoms with Crippen LogP contribution in [0.5, 0.6) is 11.5 Å². The van der Waals surface area contributed by atoms with Crippen LogP contribution in [-0.4, -0.2) is 37.6 Å². The molecule has 168 valence electrons. The summed E-state index contributed by atoms with van der Waals surface area (Å²) in [6.45, 7) is 10.4. The highest BCUT2D eigenvalue weighted by atomic mass is 16.5. The molecule has 2 aromatic rings. The van der Waals surface area contributed by atoms with E-state index in [2.05, 4.69) is 39.8 Å². The molecular formula is C27H36O4. The molecule has 0 unspecified atom stereocenters. The second kappa shape index (κ2) is 7.53. The van der Waals surface area contributed by atoms with Crippen molar-refractivity contribution in [3.8, 4) is 11.5 Å². The van der Waals surface area contributed by atoms with Crippen molar-refractivity contribution in [3.63, 3.8) is 0 Å². The second-order valence-electron chi connectivity index (χ2n) is 10.7. The molecule has 2 aliphatic carbocycles. The summed E-state index contributed by atoms with van der Waals surface area (Å²) in [5.74, 6) is 0.695. The van der Waals surface area contributed by atoms with E-state index in [-0.39, 0.29) is 16.2 Å². The largest absolute Gasteiger partial charge is 0.508 e. The van der Waals surface area contributed by atoms with Crippen LogP contribution in [-0.2, 0) is 38.6 Å². The number of aromatic hydroxyl groups is 2. The Morgan fingerprint density at radius 1 is 0.677 bits per heavy atom. The molecule has 4 nitrogen and oxygen atoms in total. The van der Waals surface area contributed by atoms with Crippen LogP contribution in [0.4, 0.5) is 0 Å². The zero-order valence-electron chi connectivity index (χ0n) is 19.8. The molecule has 0 heterocycles. The van der Waals surface area contributed by atoms with Gasteiger partial charge >= 0.3 is 0 Å².